The number of rotatable bonds is 7. The van der Waals surface area contributed by atoms with Gasteiger partial charge in [0.05, 0.1) is 12.9 Å². The molecule has 142 valence electrons. The Bertz CT molecular complexity index is 733. The van der Waals surface area contributed by atoms with E-state index in [0.29, 0.717) is 11.7 Å². The van der Waals surface area contributed by atoms with Gasteiger partial charge in [-0.05, 0) is 51.0 Å². The zero-order valence-corrected chi connectivity index (χ0v) is 17.2. The van der Waals surface area contributed by atoms with E-state index in [2.05, 4.69) is 33.9 Å². The van der Waals surface area contributed by atoms with Crippen LogP contribution in [0, 0.1) is 5.92 Å². The lowest BCUT2D eigenvalue weighted by Gasteiger charge is -2.20. The second-order valence-corrected chi connectivity index (χ2v) is 8.57. The van der Waals surface area contributed by atoms with E-state index in [0.717, 1.165) is 28.8 Å². The quantitative estimate of drug-likeness (QED) is 0.748. The highest BCUT2D eigenvalue weighted by atomic mass is 32.2. The minimum Gasteiger partial charge on any atom is -0.497 e. The van der Waals surface area contributed by atoms with Gasteiger partial charge in [-0.15, -0.1) is 10.2 Å². The normalized spacial score (nSPS) is 11.7. The van der Waals surface area contributed by atoms with Crippen molar-refractivity contribution in [3.05, 3.63) is 24.3 Å². The SMILES string of the molecule is COc1ccc(-c2nnc(SCC(=O)NC(C)(C)C)n2CC(C)C)cc1. The fourth-order valence-electron chi connectivity index (χ4n) is 2.46. The van der Waals surface area contributed by atoms with Crippen molar-refractivity contribution >= 4 is 17.7 Å². The summed E-state index contributed by atoms with van der Waals surface area (Å²) in [5.74, 6) is 2.35. The minimum atomic E-state index is -0.239. The first-order chi connectivity index (χ1) is 12.2. The highest BCUT2D eigenvalue weighted by Gasteiger charge is 2.18. The van der Waals surface area contributed by atoms with Crippen molar-refractivity contribution in [3.63, 3.8) is 0 Å². The molecule has 0 aliphatic carbocycles. The first kappa shape index (κ1) is 20.3. The summed E-state index contributed by atoms with van der Waals surface area (Å²) in [6.45, 7) is 11.0. The Balaban J connectivity index is 2.21. The fourth-order valence-corrected chi connectivity index (χ4v) is 3.21. The number of amides is 1. The topological polar surface area (TPSA) is 69.0 Å². The van der Waals surface area contributed by atoms with Crippen LogP contribution in [0.5, 0.6) is 5.75 Å². The summed E-state index contributed by atoms with van der Waals surface area (Å²) in [7, 11) is 1.65. The Kier molecular flexibility index (Phi) is 6.69. The van der Waals surface area contributed by atoms with Gasteiger partial charge in [0.1, 0.15) is 5.75 Å². The van der Waals surface area contributed by atoms with Crippen LogP contribution in [0.15, 0.2) is 29.4 Å². The third-order valence-electron chi connectivity index (χ3n) is 3.46. The molecule has 1 N–H and O–H groups in total. The van der Waals surface area contributed by atoms with Crippen LogP contribution in [0.25, 0.3) is 11.4 Å². The van der Waals surface area contributed by atoms with Gasteiger partial charge in [0.2, 0.25) is 5.91 Å². The number of hydrogen-bond donors (Lipinski definition) is 1. The molecule has 1 aromatic heterocycles. The second-order valence-electron chi connectivity index (χ2n) is 7.63. The molecule has 0 aliphatic rings. The number of methoxy groups -OCH3 is 1. The smallest absolute Gasteiger partial charge is 0.230 e. The molecule has 0 saturated carbocycles. The van der Waals surface area contributed by atoms with Crippen LogP contribution >= 0.6 is 11.8 Å². The number of carbonyl (C=O) groups is 1. The third-order valence-corrected chi connectivity index (χ3v) is 4.43. The monoisotopic (exact) mass is 376 g/mol. The maximum absolute atomic E-state index is 12.1. The lowest BCUT2D eigenvalue weighted by atomic mass is 10.1. The van der Waals surface area contributed by atoms with E-state index in [1.165, 1.54) is 11.8 Å². The van der Waals surface area contributed by atoms with Crippen LogP contribution in [-0.2, 0) is 11.3 Å². The minimum absolute atomic E-state index is 0.00686. The maximum atomic E-state index is 12.1. The molecule has 0 spiro atoms. The van der Waals surface area contributed by atoms with Crippen molar-refractivity contribution < 1.29 is 9.53 Å². The lowest BCUT2D eigenvalue weighted by Crippen LogP contribution is -2.41. The molecule has 0 aliphatic heterocycles. The summed E-state index contributed by atoms with van der Waals surface area (Å²) in [6.07, 6.45) is 0. The first-order valence-corrected chi connectivity index (χ1v) is 9.69. The number of carbonyl (C=O) groups excluding carboxylic acids is 1. The average molecular weight is 377 g/mol. The van der Waals surface area contributed by atoms with E-state index in [1.54, 1.807) is 7.11 Å². The van der Waals surface area contributed by atoms with Crippen LogP contribution in [0.1, 0.15) is 34.6 Å². The van der Waals surface area contributed by atoms with Crippen molar-refractivity contribution in [2.45, 2.75) is 51.9 Å². The third kappa shape index (κ3) is 5.76. The molecule has 0 bridgehead atoms. The Morgan fingerprint density at radius 3 is 2.42 bits per heavy atom. The van der Waals surface area contributed by atoms with E-state index in [9.17, 15) is 4.79 Å². The Labute approximate surface area is 159 Å². The molecule has 6 nitrogen and oxygen atoms in total. The molecule has 0 fully saturated rings. The highest BCUT2D eigenvalue weighted by molar-refractivity contribution is 7.99. The van der Waals surface area contributed by atoms with Gasteiger partial charge in [0.15, 0.2) is 11.0 Å². The predicted octanol–water partition coefficient (Wildman–Crippen LogP) is 3.62. The zero-order chi connectivity index (χ0) is 19.3. The van der Waals surface area contributed by atoms with Crippen molar-refractivity contribution in [1.29, 1.82) is 0 Å². The Morgan fingerprint density at radius 1 is 1.23 bits per heavy atom. The van der Waals surface area contributed by atoms with E-state index >= 15 is 0 Å². The molecular formula is C19H28N4O2S. The van der Waals surface area contributed by atoms with Gasteiger partial charge in [0.25, 0.3) is 0 Å². The molecule has 1 heterocycles. The van der Waals surface area contributed by atoms with Gasteiger partial charge in [-0.3, -0.25) is 4.79 Å². The van der Waals surface area contributed by atoms with Gasteiger partial charge >= 0.3 is 0 Å². The van der Waals surface area contributed by atoms with Crippen LogP contribution in [0.2, 0.25) is 0 Å². The molecule has 26 heavy (non-hydrogen) atoms. The number of nitrogens with zero attached hydrogens (tertiary/aromatic N) is 3. The Morgan fingerprint density at radius 2 is 1.88 bits per heavy atom. The lowest BCUT2D eigenvalue weighted by molar-refractivity contribution is -0.119. The summed E-state index contributed by atoms with van der Waals surface area (Å²) >= 11 is 1.41. The molecule has 1 amide bonds. The standard InChI is InChI=1S/C19H28N4O2S/c1-13(2)11-23-17(14-7-9-15(25-6)10-8-14)21-22-18(23)26-12-16(24)20-19(3,4)5/h7-10,13H,11-12H2,1-6H3,(H,20,24). The van der Waals surface area contributed by atoms with E-state index in [1.807, 2.05) is 45.0 Å². The summed E-state index contributed by atoms with van der Waals surface area (Å²) in [5, 5.41) is 12.4. The molecule has 1 aromatic carbocycles. The van der Waals surface area contributed by atoms with Gasteiger partial charge in [-0.2, -0.15) is 0 Å². The van der Waals surface area contributed by atoms with Gasteiger partial charge in [-0.25, -0.2) is 0 Å². The molecule has 2 rings (SSSR count). The van der Waals surface area contributed by atoms with Gasteiger partial charge in [0, 0.05) is 17.6 Å². The van der Waals surface area contributed by atoms with Gasteiger partial charge in [-0.1, -0.05) is 25.6 Å². The largest absolute Gasteiger partial charge is 0.497 e. The Hall–Kier alpha value is -2.02. The van der Waals surface area contributed by atoms with Crippen molar-refractivity contribution in [1.82, 2.24) is 20.1 Å². The molecule has 0 radical (unpaired) electrons. The second kappa shape index (κ2) is 8.58. The van der Waals surface area contributed by atoms with Crippen LogP contribution < -0.4 is 10.1 Å². The fraction of sp³-hybridized carbons (Fsp3) is 0.526. The van der Waals surface area contributed by atoms with Crippen LogP contribution in [0.4, 0.5) is 0 Å². The maximum Gasteiger partial charge on any atom is 0.230 e. The zero-order valence-electron chi connectivity index (χ0n) is 16.4. The van der Waals surface area contributed by atoms with Gasteiger partial charge < -0.3 is 14.6 Å². The molecule has 7 heteroatoms. The summed E-state index contributed by atoms with van der Waals surface area (Å²) < 4.78 is 7.30. The first-order valence-electron chi connectivity index (χ1n) is 8.71. The number of hydrogen-bond acceptors (Lipinski definition) is 5. The van der Waals surface area contributed by atoms with Crippen molar-refractivity contribution in [2.24, 2.45) is 5.92 Å². The van der Waals surface area contributed by atoms with E-state index in [-0.39, 0.29) is 11.4 Å². The van der Waals surface area contributed by atoms with Crippen LogP contribution in [0.3, 0.4) is 0 Å². The highest BCUT2D eigenvalue weighted by Crippen LogP contribution is 2.26. The summed E-state index contributed by atoms with van der Waals surface area (Å²) in [4.78, 5) is 12.1. The summed E-state index contributed by atoms with van der Waals surface area (Å²) in [6, 6.07) is 7.77. The van der Waals surface area contributed by atoms with Crippen molar-refractivity contribution in [2.75, 3.05) is 12.9 Å². The summed E-state index contributed by atoms with van der Waals surface area (Å²) in [5.41, 5.74) is 0.738. The number of aromatic nitrogens is 3. The van der Waals surface area contributed by atoms with Crippen molar-refractivity contribution in [3.8, 4) is 17.1 Å². The molecule has 0 unspecified atom stereocenters. The van der Waals surface area contributed by atoms with E-state index < -0.39 is 0 Å². The molecule has 2 aromatic rings. The number of ether oxygens (including phenoxy) is 1. The molecule has 0 atom stereocenters. The van der Waals surface area contributed by atoms with Crippen LogP contribution in [-0.4, -0.2) is 39.1 Å². The molecular weight excluding hydrogens is 348 g/mol. The average Bonchev–Trinajstić information content (AvgIpc) is 2.93. The predicted molar refractivity (Wildman–Crippen MR) is 105 cm³/mol. The number of nitrogens with one attached hydrogen (secondary N) is 1. The molecule has 0 saturated heterocycles. The number of thioether (sulfide) groups is 1. The number of benzene rings is 1. The van der Waals surface area contributed by atoms with E-state index in [4.69, 9.17) is 4.74 Å².